The van der Waals surface area contributed by atoms with Gasteiger partial charge in [0.1, 0.15) is 22.9 Å². The van der Waals surface area contributed by atoms with Gasteiger partial charge in [-0.25, -0.2) is 18.0 Å². The minimum Gasteiger partial charge on any atom is -0.497 e. The molecule has 0 aromatic heterocycles. The monoisotopic (exact) mass is 355 g/mol. The Labute approximate surface area is 142 Å². The Balaban J connectivity index is 2.38. The predicted octanol–water partition coefficient (Wildman–Crippen LogP) is 3.52. The van der Waals surface area contributed by atoms with Crippen LogP contribution in [0, 0.1) is 17.5 Å². The maximum atomic E-state index is 14.1. The number of nitrogens with one attached hydrogen (secondary N) is 1. The van der Waals surface area contributed by atoms with Gasteiger partial charge in [-0.1, -0.05) is 0 Å². The van der Waals surface area contributed by atoms with Crippen LogP contribution in [-0.2, 0) is 11.3 Å². The summed E-state index contributed by atoms with van der Waals surface area (Å²) in [6.45, 7) is -0.0147. The number of halogens is 3. The Morgan fingerprint density at radius 1 is 1.04 bits per heavy atom. The van der Waals surface area contributed by atoms with E-state index in [-0.39, 0.29) is 6.54 Å². The summed E-state index contributed by atoms with van der Waals surface area (Å²) in [5.41, 5.74) is -0.751. The van der Waals surface area contributed by atoms with Crippen LogP contribution in [0.25, 0.3) is 0 Å². The smallest absolute Gasteiger partial charge is 0.343 e. The summed E-state index contributed by atoms with van der Waals surface area (Å²) in [7, 11) is 3.92. The van der Waals surface area contributed by atoms with Crippen LogP contribution >= 0.6 is 0 Å². The third-order valence-corrected chi connectivity index (χ3v) is 3.51. The molecular formula is C17H16F3NO4. The molecule has 0 aliphatic heterocycles. The number of ether oxygens (including phenoxy) is 3. The second kappa shape index (κ2) is 7.78. The number of rotatable bonds is 6. The van der Waals surface area contributed by atoms with Crippen molar-refractivity contribution in [3.05, 3.63) is 52.8 Å². The lowest BCUT2D eigenvalue weighted by Gasteiger charge is -2.15. The first kappa shape index (κ1) is 18.4. The minimum atomic E-state index is -1.49. The van der Waals surface area contributed by atoms with Crippen molar-refractivity contribution in [1.29, 1.82) is 0 Å². The maximum Gasteiger partial charge on any atom is 0.343 e. The summed E-state index contributed by atoms with van der Waals surface area (Å²) in [6.07, 6.45) is 0. The number of carbonyl (C=O) groups is 1. The van der Waals surface area contributed by atoms with Crippen molar-refractivity contribution in [3.8, 4) is 11.5 Å². The Morgan fingerprint density at radius 2 is 1.76 bits per heavy atom. The molecule has 0 spiro atoms. The quantitative estimate of drug-likeness (QED) is 0.635. The van der Waals surface area contributed by atoms with Crippen molar-refractivity contribution in [1.82, 2.24) is 0 Å². The molecule has 2 aromatic carbocycles. The zero-order valence-electron chi connectivity index (χ0n) is 13.8. The first-order chi connectivity index (χ1) is 11.9. The molecule has 5 nitrogen and oxygen atoms in total. The molecule has 0 heterocycles. The van der Waals surface area contributed by atoms with Crippen LogP contribution in [0.15, 0.2) is 24.3 Å². The van der Waals surface area contributed by atoms with Crippen LogP contribution in [0.2, 0.25) is 0 Å². The van der Waals surface area contributed by atoms with Gasteiger partial charge in [0.05, 0.1) is 27.0 Å². The maximum absolute atomic E-state index is 14.1. The number of benzene rings is 2. The van der Waals surface area contributed by atoms with Crippen molar-refractivity contribution in [2.45, 2.75) is 6.54 Å². The molecular weight excluding hydrogens is 339 g/mol. The summed E-state index contributed by atoms with van der Waals surface area (Å²) < 4.78 is 56.1. The number of carbonyl (C=O) groups excluding carboxylic acids is 1. The van der Waals surface area contributed by atoms with E-state index in [0.717, 1.165) is 7.11 Å². The molecule has 0 aliphatic carbocycles. The van der Waals surface area contributed by atoms with Gasteiger partial charge >= 0.3 is 5.97 Å². The number of methoxy groups -OCH3 is 3. The van der Waals surface area contributed by atoms with Gasteiger partial charge in [-0.05, 0) is 12.1 Å². The molecule has 0 amide bonds. The van der Waals surface area contributed by atoms with Gasteiger partial charge in [0, 0.05) is 24.2 Å². The highest BCUT2D eigenvalue weighted by molar-refractivity contribution is 5.96. The normalized spacial score (nSPS) is 10.3. The van der Waals surface area contributed by atoms with Crippen LogP contribution < -0.4 is 14.8 Å². The first-order valence-corrected chi connectivity index (χ1v) is 7.13. The summed E-state index contributed by atoms with van der Waals surface area (Å²) in [5.74, 6) is -4.29. The fourth-order valence-corrected chi connectivity index (χ4v) is 2.24. The Kier molecular flexibility index (Phi) is 5.74. The van der Waals surface area contributed by atoms with Crippen molar-refractivity contribution in [2.24, 2.45) is 0 Å². The molecule has 0 unspecified atom stereocenters. The van der Waals surface area contributed by atoms with Crippen molar-refractivity contribution >= 4 is 11.7 Å². The lowest BCUT2D eigenvalue weighted by atomic mass is 10.1. The summed E-state index contributed by atoms with van der Waals surface area (Å²) in [4.78, 5) is 11.7. The highest BCUT2D eigenvalue weighted by Crippen LogP contribution is 2.29. The van der Waals surface area contributed by atoms with Crippen LogP contribution in [0.3, 0.4) is 0 Å². The summed E-state index contributed by atoms with van der Waals surface area (Å²) >= 11 is 0. The molecule has 8 heteroatoms. The molecule has 0 fully saturated rings. The fourth-order valence-electron chi connectivity index (χ4n) is 2.24. The standard InChI is InChI=1S/C17H16F3NO4/c1-23-10-5-4-9(13(6-10)24-2)8-21-16-12(19)7-11(18)15(20)14(16)17(22)25-3/h4-7,21H,8H2,1-3H3. The van der Waals surface area contributed by atoms with Gasteiger partial charge in [0.15, 0.2) is 11.6 Å². The molecule has 0 saturated carbocycles. The number of hydrogen-bond acceptors (Lipinski definition) is 5. The highest BCUT2D eigenvalue weighted by atomic mass is 19.2. The van der Waals surface area contributed by atoms with E-state index in [1.165, 1.54) is 14.2 Å². The topological polar surface area (TPSA) is 56.8 Å². The molecule has 0 saturated heterocycles. The molecule has 0 bridgehead atoms. The van der Waals surface area contributed by atoms with E-state index in [4.69, 9.17) is 9.47 Å². The van der Waals surface area contributed by atoms with Gasteiger partial charge in [-0.15, -0.1) is 0 Å². The lowest BCUT2D eigenvalue weighted by molar-refractivity contribution is 0.0595. The number of hydrogen-bond donors (Lipinski definition) is 1. The van der Waals surface area contributed by atoms with Crippen molar-refractivity contribution < 1.29 is 32.2 Å². The lowest BCUT2D eigenvalue weighted by Crippen LogP contribution is -2.14. The van der Waals surface area contributed by atoms with E-state index < -0.39 is 34.7 Å². The van der Waals surface area contributed by atoms with E-state index in [1.54, 1.807) is 18.2 Å². The average molecular weight is 355 g/mol. The predicted molar refractivity (Wildman–Crippen MR) is 84.5 cm³/mol. The second-order valence-corrected chi connectivity index (χ2v) is 4.93. The van der Waals surface area contributed by atoms with Gasteiger partial charge in [-0.3, -0.25) is 0 Å². The molecule has 2 rings (SSSR count). The molecule has 25 heavy (non-hydrogen) atoms. The van der Waals surface area contributed by atoms with Gasteiger partial charge in [0.25, 0.3) is 0 Å². The highest BCUT2D eigenvalue weighted by Gasteiger charge is 2.25. The van der Waals surface area contributed by atoms with Crippen molar-refractivity contribution in [2.75, 3.05) is 26.6 Å². The van der Waals surface area contributed by atoms with Gasteiger partial charge in [0.2, 0.25) is 0 Å². The number of anilines is 1. The summed E-state index contributed by atoms with van der Waals surface area (Å²) in [6, 6.07) is 5.28. The molecule has 134 valence electrons. The SMILES string of the molecule is COC(=O)c1c(F)c(F)cc(F)c1NCc1ccc(OC)cc1OC. The molecule has 0 radical (unpaired) electrons. The molecule has 2 aromatic rings. The molecule has 0 aliphatic rings. The van der Waals surface area contributed by atoms with Crippen LogP contribution in [0.1, 0.15) is 15.9 Å². The van der Waals surface area contributed by atoms with Gasteiger partial charge in [-0.2, -0.15) is 0 Å². The zero-order valence-corrected chi connectivity index (χ0v) is 13.8. The number of esters is 1. The van der Waals surface area contributed by atoms with Crippen LogP contribution in [-0.4, -0.2) is 27.3 Å². The van der Waals surface area contributed by atoms with E-state index >= 15 is 0 Å². The van der Waals surface area contributed by atoms with Crippen molar-refractivity contribution in [3.63, 3.8) is 0 Å². The third kappa shape index (κ3) is 3.78. The van der Waals surface area contributed by atoms with E-state index in [9.17, 15) is 18.0 Å². The summed E-state index contributed by atoms with van der Waals surface area (Å²) in [5, 5.41) is 2.59. The van der Waals surface area contributed by atoms with E-state index in [0.29, 0.717) is 23.1 Å². The Morgan fingerprint density at radius 3 is 2.36 bits per heavy atom. The van der Waals surface area contributed by atoms with Gasteiger partial charge < -0.3 is 19.5 Å². The Bertz CT molecular complexity index is 796. The Hall–Kier alpha value is -2.90. The second-order valence-electron chi connectivity index (χ2n) is 4.93. The average Bonchev–Trinajstić information content (AvgIpc) is 2.62. The third-order valence-electron chi connectivity index (χ3n) is 3.51. The van der Waals surface area contributed by atoms with Crippen LogP contribution in [0.5, 0.6) is 11.5 Å². The fraction of sp³-hybridized carbons (Fsp3) is 0.235. The molecule has 1 N–H and O–H groups in total. The van der Waals surface area contributed by atoms with Crippen LogP contribution in [0.4, 0.5) is 18.9 Å². The zero-order chi connectivity index (χ0) is 18.6. The minimum absolute atomic E-state index is 0.0147. The van der Waals surface area contributed by atoms with E-state index in [2.05, 4.69) is 10.1 Å². The van der Waals surface area contributed by atoms with E-state index in [1.807, 2.05) is 0 Å². The first-order valence-electron chi connectivity index (χ1n) is 7.13. The molecule has 0 atom stereocenters. The largest absolute Gasteiger partial charge is 0.497 e.